The van der Waals surface area contributed by atoms with Crippen molar-refractivity contribution in [2.75, 3.05) is 19.8 Å². The molecule has 0 radical (unpaired) electrons. The fourth-order valence-corrected chi connectivity index (χ4v) is 2.03. The van der Waals surface area contributed by atoms with Gasteiger partial charge in [0.15, 0.2) is 0 Å². The van der Waals surface area contributed by atoms with Crippen LogP contribution in [0.2, 0.25) is 0 Å². The Morgan fingerprint density at radius 3 is 2.89 bits per heavy atom. The van der Waals surface area contributed by atoms with E-state index >= 15 is 0 Å². The quantitative estimate of drug-likeness (QED) is 0.822. The molecule has 2 N–H and O–H groups in total. The van der Waals surface area contributed by atoms with Crippen molar-refractivity contribution in [3.05, 3.63) is 35.4 Å². The van der Waals surface area contributed by atoms with Crippen LogP contribution in [0.15, 0.2) is 24.3 Å². The van der Waals surface area contributed by atoms with Crippen LogP contribution in [0.25, 0.3) is 0 Å². The summed E-state index contributed by atoms with van der Waals surface area (Å²) in [7, 11) is 0. The lowest BCUT2D eigenvalue weighted by atomic mass is 10.1. The number of esters is 1. The highest BCUT2D eigenvalue weighted by Crippen LogP contribution is 2.14. The zero-order chi connectivity index (χ0) is 12.8. The lowest BCUT2D eigenvalue weighted by Crippen LogP contribution is -2.26. The second kappa shape index (κ2) is 6.52. The Bertz CT molecular complexity index is 400. The summed E-state index contributed by atoms with van der Waals surface area (Å²) in [4.78, 5) is 12.0. The third-order valence-electron chi connectivity index (χ3n) is 3.04. The van der Waals surface area contributed by atoms with Crippen LogP contribution in [-0.2, 0) is 15.9 Å². The van der Waals surface area contributed by atoms with Gasteiger partial charge in [0.1, 0.15) is 6.10 Å². The molecule has 4 heteroatoms. The van der Waals surface area contributed by atoms with Gasteiger partial charge in [-0.1, -0.05) is 12.1 Å². The van der Waals surface area contributed by atoms with Crippen molar-refractivity contribution in [2.45, 2.75) is 25.4 Å². The summed E-state index contributed by atoms with van der Waals surface area (Å²) in [5, 5.41) is 0. The molecule has 0 atom stereocenters. The van der Waals surface area contributed by atoms with E-state index in [-0.39, 0.29) is 12.1 Å². The molecule has 0 spiro atoms. The van der Waals surface area contributed by atoms with Gasteiger partial charge >= 0.3 is 5.97 Å². The summed E-state index contributed by atoms with van der Waals surface area (Å²) in [6.45, 7) is 1.93. The molecule has 1 aromatic rings. The monoisotopic (exact) mass is 249 g/mol. The fourth-order valence-electron chi connectivity index (χ4n) is 2.03. The maximum atomic E-state index is 12.0. The lowest BCUT2D eigenvalue weighted by Gasteiger charge is -2.22. The number of rotatable bonds is 4. The van der Waals surface area contributed by atoms with Crippen molar-refractivity contribution in [3.63, 3.8) is 0 Å². The van der Waals surface area contributed by atoms with Crippen LogP contribution in [0.4, 0.5) is 0 Å². The number of ether oxygens (including phenoxy) is 2. The van der Waals surface area contributed by atoms with Gasteiger partial charge in [-0.05, 0) is 30.7 Å². The Hall–Kier alpha value is -1.39. The molecule has 0 saturated carbocycles. The van der Waals surface area contributed by atoms with Gasteiger partial charge in [-0.25, -0.2) is 4.79 Å². The van der Waals surface area contributed by atoms with Crippen LogP contribution < -0.4 is 5.73 Å². The molecule has 1 aliphatic rings. The van der Waals surface area contributed by atoms with Gasteiger partial charge in [-0.2, -0.15) is 0 Å². The molecule has 0 aliphatic carbocycles. The van der Waals surface area contributed by atoms with Gasteiger partial charge in [-0.15, -0.1) is 0 Å². The van der Waals surface area contributed by atoms with E-state index in [1.54, 1.807) is 6.07 Å². The molecule has 0 unspecified atom stereocenters. The maximum Gasteiger partial charge on any atom is 0.338 e. The minimum Gasteiger partial charge on any atom is -0.459 e. The smallest absolute Gasteiger partial charge is 0.338 e. The standard InChI is InChI=1S/C14H19NO3/c15-7-4-11-2-1-3-12(10-11)14(16)18-13-5-8-17-9-6-13/h1-3,10,13H,4-9,15H2. The topological polar surface area (TPSA) is 61.6 Å². The summed E-state index contributed by atoms with van der Waals surface area (Å²) < 4.78 is 10.7. The summed E-state index contributed by atoms with van der Waals surface area (Å²) in [6.07, 6.45) is 2.34. The van der Waals surface area contributed by atoms with Crippen molar-refractivity contribution in [3.8, 4) is 0 Å². The second-order valence-electron chi connectivity index (χ2n) is 4.46. The van der Waals surface area contributed by atoms with E-state index in [0.717, 1.165) is 24.8 Å². The van der Waals surface area contributed by atoms with Gasteiger partial charge in [0, 0.05) is 12.8 Å². The van der Waals surface area contributed by atoms with Crippen LogP contribution in [0, 0.1) is 0 Å². The molecule has 4 nitrogen and oxygen atoms in total. The van der Waals surface area contributed by atoms with Gasteiger partial charge in [-0.3, -0.25) is 0 Å². The van der Waals surface area contributed by atoms with Crippen molar-refractivity contribution in [1.82, 2.24) is 0 Å². The highest BCUT2D eigenvalue weighted by molar-refractivity contribution is 5.89. The minimum absolute atomic E-state index is 0.00980. The zero-order valence-corrected chi connectivity index (χ0v) is 10.4. The molecule has 1 aromatic carbocycles. The third-order valence-corrected chi connectivity index (χ3v) is 3.04. The highest BCUT2D eigenvalue weighted by atomic mass is 16.6. The minimum atomic E-state index is -0.249. The number of benzene rings is 1. The number of hydrogen-bond donors (Lipinski definition) is 1. The fraction of sp³-hybridized carbons (Fsp3) is 0.500. The van der Waals surface area contributed by atoms with Crippen LogP contribution in [0.3, 0.4) is 0 Å². The van der Waals surface area contributed by atoms with Crippen LogP contribution >= 0.6 is 0 Å². The first-order valence-corrected chi connectivity index (χ1v) is 6.37. The van der Waals surface area contributed by atoms with Crippen LogP contribution in [0.5, 0.6) is 0 Å². The van der Waals surface area contributed by atoms with E-state index in [0.29, 0.717) is 25.3 Å². The van der Waals surface area contributed by atoms with Crippen molar-refractivity contribution < 1.29 is 14.3 Å². The molecular formula is C14H19NO3. The summed E-state index contributed by atoms with van der Waals surface area (Å²) >= 11 is 0. The van der Waals surface area contributed by atoms with E-state index < -0.39 is 0 Å². The first kappa shape index (κ1) is 13.1. The largest absolute Gasteiger partial charge is 0.459 e. The van der Waals surface area contributed by atoms with E-state index in [9.17, 15) is 4.79 Å². The molecule has 0 bridgehead atoms. The second-order valence-corrected chi connectivity index (χ2v) is 4.46. The molecule has 1 saturated heterocycles. The summed E-state index contributed by atoms with van der Waals surface area (Å²) in [6, 6.07) is 7.47. The average Bonchev–Trinajstić information content (AvgIpc) is 2.40. The SMILES string of the molecule is NCCc1cccc(C(=O)OC2CCOCC2)c1. The van der Waals surface area contributed by atoms with E-state index in [2.05, 4.69) is 0 Å². The Labute approximate surface area is 107 Å². The molecule has 1 heterocycles. The zero-order valence-electron chi connectivity index (χ0n) is 10.4. The van der Waals surface area contributed by atoms with E-state index in [1.807, 2.05) is 18.2 Å². The van der Waals surface area contributed by atoms with Crippen LogP contribution in [-0.4, -0.2) is 31.8 Å². The maximum absolute atomic E-state index is 12.0. The Morgan fingerprint density at radius 1 is 1.39 bits per heavy atom. The number of carbonyl (C=O) groups excluding carboxylic acids is 1. The average molecular weight is 249 g/mol. The Kier molecular flexibility index (Phi) is 4.73. The molecule has 98 valence electrons. The third kappa shape index (κ3) is 3.55. The predicted molar refractivity (Wildman–Crippen MR) is 68.5 cm³/mol. The van der Waals surface area contributed by atoms with Crippen molar-refractivity contribution in [1.29, 1.82) is 0 Å². The molecular weight excluding hydrogens is 230 g/mol. The van der Waals surface area contributed by atoms with Gasteiger partial charge in [0.2, 0.25) is 0 Å². The number of hydrogen-bond acceptors (Lipinski definition) is 4. The molecule has 1 aliphatic heterocycles. The van der Waals surface area contributed by atoms with Gasteiger partial charge in [0.25, 0.3) is 0 Å². The normalized spacial score (nSPS) is 16.5. The lowest BCUT2D eigenvalue weighted by molar-refractivity contribution is -0.0159. The Morgan fingerprint density at radius 2 is 2.17 bits per heavy atom. The summed E-state index contributed by atoms with van der Waals surface area (Å²) in [5.41, 5.74) is 7.18. The molecule has 18 heavy (non-hydrogen) atoms. The van der Waals surface area contributed by atoms with Crippen molar-refractivity contribution >= 4 is 5.97 Å². The van der Waals surface area contributed by atoms with E-state index in [1.165, 1.54) is 0 Å². The summed E-state index contributed by atoms with van der Waals surface area (Å²) in [5.74, 6) is -0.249. The highest BCUT2D eigenvalue weighted by Gasteiger charge is 2.19. The molecule has 0 amide bonds. The van der Waals surface area contributed by atoms with Gasteiger partial charge < -0.3 is 15.2 Å². The Balaban J connectivity index is 1.96. The number of carbonyl (C=O) groups is 1. The molecule has 1 fully saturated rings. The van der Waals surface area contributed by atoms with E-state index in [4.69, 9.17) is 15.2 Å². The van der Waals surface area contributed by atoms with Crippen LogP contribution in [0.1, 0.15) is 28.8 Å². The molecule has 2 rings (SSSR count). The molecule has 0 aromatic heterocycles. The number of nitrogens with two attached hydrogens (primary N) is 1. The first-order chi connectivity index (χ1) is 8.79. The van der Waals surface area contributed by atoms with Crippen molar-refractivity contribution in [2.24, 2.45) is 5.73 Å². The first-order valence-electron chi connectivity index (χ1n) is 6.37. The predicted octanol–water partition coefficient (Wildman–Crippen LogP) is 1.52. The van der Waals surface area contributed by atoms with Gasteiger partial charge in [0.05, 0.1) is 18.8 Å².